The van der Waals surface area contributed by atoms with Crippen molar-refractivity contribution in [2.45, 2.75) is 18.9 Å². The molecular formula is C17H14N2O5. The molecule has 1 aliphatic heterocycles. The molecule has 0 aromatic heterocycles. The van der Waals surface area contributed by atoms with E-state index >= 15 is 0 Å². The van der Waals surface area contributed by atoms with Crippen molar-refractivity contribution < 1.29 is 24.3 Å². The van der Waals surface area contributed by atoms with Crippen LogP contribution in [-0.4, -0.2) is 34.8 Å². The summed E-state index contributed by atoms with van der Waals surface area (Å²) in [6, 6.07) is 9.13. The van der Waals surface area contributed by atoms with Crippen LogP contribution in [0.2, 0.25) is 0 Å². The van der Waals surface area contributed by atoms with Gasteiger partial charge < -0.3 is 10.4 Å². The lowest BCUT2D eigenvalue weighted by Gasteiger charge is -2.22. The largest absolute Gasteiger partial charge is 0.478 e. The van der Waals surface area contributed by atoms with Crippen molar-refractivity contribution in [2.24, 2.45) is 0 Å². The molecule has 1 atom stereocenters. The summed E-state index contributed by atoms with van der Waals surface area (Å²) in [5.41, 5.74) is -0.163. The van der Waals surface area contributed by atoms with Crippen molar-refractivity contribution in [3.8, 4) is 0 Å². The lowest BCUT2D eigenvalue weighted by atomic mass is 9.99. The third-order valence-corrected chi connectivity index (χ3v) is 3.91. The number of aromatic carboxylic acids is 1. The maximum Gasteiger partial charge on any atom is 0.336 e. The van der Waals surface area contributed by atoms with E-state index in [1.165, 1.54) is 12.1 Å². The molecule has 3 N–H and O–H groups in total. The zero-order chi connectivity index (χ0) is 17.3. The summed E-state index contributed by atoms with van der Waals surface area (Å²) < 4.78 is 0. The summed E-state index contributed by atoms with van der Waals surface area (Å²) in [6.45, 7) is 0. The smallest absolute Gasteiger partial charge is 0.336 e. The minimum Gasteiger partial charge on any atom is -0.478 e. The SMILES string of the molecule is O=C1CC[C@H](NC(=O)c2cc3ccccc3cc2C(=O)O)C(=O)N1. The molecule has 0 bridgehead atoms. The molecule has 3 amide bonds. The lowest BCUT2D eigenvalue weighted by molar-refractivity contribution is -0.134. The molecule has 2 aromatic rings. The van der Waals surface area contributed by atoms with Crippen molar-refractivity contribution in [1.82, 2.24) is 10.6 Å². The molecule has 1 saturated heterocycles. The molecule has 0 unspecified atom stereocenters. The first-order valence-corrected chi connectivity index (χ1v) is 7.36. The van der Waals surface area contributed by atoms with Gasteiger partial charge in [-0.2, -0.15) is 0 Å². The minimum absolute atomic E-state index is 0.0223. The number of benzene rings is 2. The maximum absolute atomic E-state index is 12.5. The first-order valence-electron chi connectivity index (χ1n) is 7.36. The molecule has 24 heavy (non-hydrogen) atoms. The third-order valence-electron chi connectivity index (χ3n) is 3.91. The van der Waals surface area contributed by atoms with Gasteiger partial charge in [-0.25, -0.2) is 4.79 Å². The number of carbonyl (C=O) groups excluding carboxylic acids is 3. The van der Waals surface area contributed by atoms with Crippen molar-refractivity contribution in [1.29, 1.82) is 0 Å². The van der Waals surface area contributed by atoms with Crippen LogP contribution in [0.25, 0.3) is 10.8 Å². The summed E-state index contributed by atoms with van der Waals surface area (Å²) in [5.74, 6) is -2.86. The zero-order valence-corrected chi connectivity index (χ0v) is 12.5. The van der Waals surface area contributed by atoms with E-state index in [4.69, 9.17) is 0 Å². The van der Waals surface area contributed by atoms with Crippen LogP contribution in [0.3, 0.4) is 0 Å². The monoisotopic (exact) mass is 326 g/mol. The van der Waals surface area contributed by atoms with E-state index in [9.17, 15) is 24.3 Å². The number of nitrogens with one attached hydrogen (secondary N) is 2. The van der Waals surface area contributed by atoms with Gasteiger partial charge >= 0.3 is 5.97 Å². The Kier molecular flexibility index (Phi) is 3.99. The molecule has 1 aliphatic rings. The van der Waals surface area contributed by atoms with Gasteiger partial charge in [0.2, 0.25) is 11.8 Å². The van der Waals surface area contributed by atoms with Crippen molar-refractivity contribution in [3.05, 3.63) is 47.5 Å². The van der Waals surface area contributed by atoms with Gasteiger partial charge in [-0.3, -0.25) is 19.7 Å². The number of piperidine rings is 1. The van der Waals surface area contributed by atoms with Crippen LogP contribution >= 0.6 is 0 Å². The number of hydrogen-bond donors (Lipinski definition) is 3. The number of hydrogen-bond acceptors (Lipinski definition) is 4. The summed E-state index contributed by atoms with van der Waals surface area (Å²) in [7, 11) is 0. The number of rotatable bonds is 3. The molecule has 7 nitrogen and oxygen atoms in total. The van der Waals surface area contributed by atoms with E-state index in [1.54, 1.807) is 24.3 Å². The molecule has 1 heterocycles. The predicted octanol–water partition coefficient (Wildman–Crippen LogP) is 1.07. The van der Waals surface area contributed by atoms with Gasteiger partial charge in [-0.05, 0) is 29.3 Å². The molecular weight excluding hydrogens is 312 g/mol. The molecule has 2 aromatic carbocycles. The van der Waals surface area contributed by atoms with Gasteiger partial charge in [0.25, 0.3) is 5.91 Å². The van der Waals surface area contributed by atoms with Crippen molar-refractivity contribution in [2.75, 3.05) is 0 Å². The highest BCUT2D eigenvalue weighted by Gasteiger charge is 2.29. The molecule has 3 rings (SSSR count). The van der Waals surface area contributed by atoms with Crippen LogP contribution in [0.15, 0.2) is 36.4 Å². The average Bonchev–Trinajstić information content (AvgIpc) is 2.56. The fourth-order valence-electron chi connectivity index (χ4n) is 2.67. The first kappa shape index (κ1) is 15.7. The van der Waals surface area contributed by atoms with Crippen molar-refractivity contribution >= 4 is 34.5 Å². The molecule has 0 radical (unpaired) electrons. The molecule has 7 heteroatoms. The quantitative estimate of drug-likeness (QED) is 0.730. The Balaban J connectivity index is 1.94. The highest BCUT2D eigenvalue weighted by Crippen LogP contribution is 2.21. The fourth-order valence-corrected chi connectivity index (χ4v) is 2.67. The van der Waals surface area contributed by atoms with Gasteiger partial charge in [0.05, 0.1) is 11.1 Å². The Labute approximate surface area is 136 Å². The second-order valence-corrected chi connectivity index (χ2v) is 5.53. The molecule has 0 spiro atoms. The van der Waals surface area contributed by atoms with Gasteiger partial charge in [-0.15, -0.1) is 0 Å². The normalized spacial score (nSPS) is 17.4. The molecule has 0 saturated carbocycles. The summed E-state index contributed by atoms with van der Waals surface area (Å²) in [4.78, 5) is 46.8. The van der Waals surface area contributed by atoms with E-state index in [0.717, 1.165) is 5.39 Å². The van der Waals surface area contributed by atoms with Crippen molar-refractivity contribution in [3.63, 3.8) is 0 Å². The standard InChI is InChI=1S/C17H14N2O5/c20-14-6-5-13(16(22)19-14)18-15(21)11-7-9-3-1-2-4-10(9)8-12(11)17(23)24/h1-4,7-8,13H,5-6H2,(H,18,21)(H,23,24)(H,19,20,22)/t13-/m0/s1. The van der Waals surface area contributed by atoms with E-state index in [2.05, 4.69) is 10.6 Å². The van der Waals surface area contributed by atoms with Crippen LogP contribution in [0.5, 0.6) is 0 Å². The van der Waals surface area contributed by atoms with Gasteiger partial charge in [0.1, 0.15) is 6.04 Å². The molecule has 1 fully saturated rings. The first-order chi connectivity index (χ1) is 11.5. The van der Waals surface area contributed by atoms with Gasteiger partial charge in [0.15, 0.2) is 0 Å². The number of amides is 3. The van der Waals surface area contributed by atoms with E-state index in [1.807, 2.05) is 0 Å². The Morgan fingerprint density at radius 3 is 2.29 bits per heavy atom. The summed E-state index contributed by atoms with van der Waals surface area (Å²) >= 11 is 0. The minimum atomic E-state index is -1.23. The highest BCUT2D eigenvalue weighted by atomic mass is 16.4. The fraction of sp³-hybridized carbons (Fsp3) is 0.176. The number of fused-ring (bicyclic) bond motifs is 1. The van der Waals surface area contributed by atoms with E-state index < -0.39 is 23.8 Å². The van der Waals surface area contributed by atoms with Crippen LogP contribution in [0, 0.1) is 0 Å². The third kappa shape index (κ3) is 2.96. The van der Waals surface area contributed by atoms with Crippen LogP contribution in [0.4, 0.5) is 0 Å². The Morgan fingerprint density at radius 1 is 1.08 bits per heavy atom. The van der Waals surface area contributed by atoms with Gasteiger partial charge in [-0.1, -0.05) is 24.3 Å². The number of carbonyl (C=O) groups is 4. The number of imide groups is 1. The van der Waals surface area contributed by atoms with E-state index in [-0.39, 0.29) is 29.9 Å². The van der Waals surface area contributed by atoms with E-state index in [0.29, 0.717) is 5.39 Å². The lowest BCUT2D eigenvalue weighted by Crippen LogP contribution is -2.52. The highest BCUT2D eigenvalue weighted by molar-refractivity contribution is 6.10. The second-order valence-electron chi connectivity index (χ2n) is 5.53. The van der Waals surface area contributed by atoms with Crippen LogP contribution < -0.4 is 10.6 Å². The number of carboxylic acids is 1. The zero-order valence-electron chi connectivity index (χ0n) is 12.5. The maximum atomic E-state index is 12.5. The summed E-state index contributed by atoms with van der Waals surface area (Å²) in [6.07, 6.45) is 0.312. The summed E-state index contributed by atoms with van der Waals surface area (Å²) in [5, 5.41) is 15.4. The number of carboxylic acid groups (broad SMARTS) is 1. The van der Waals surface area contributed by atoms with Gasteiger partial charge in [0, 0.05) is 6.42 Å². The van der Waals surface area contributed by atoms with Crippen LogP contribution in [0.1, 0.15) is 33.6 Å². The second kappa shape index (κ2) is 6.11. The molecule has 0 aliphatic carbocycles. The van der Waals surface area contributed by atoms with Crippen LogP contribution in [-0.2, 0) is 9.59 Å². The average molecular weight is 326 g/mol. The Morgan fingerprint density at radius 2 is 1.71 bits per heavy atom. The Hall–Kier alpha value is -3.22. The molecule has 122 valence electrons. The topological polar surface area (TPSA) is 113 Å². The Bertz CT molecular complexity index is 874. The predicted molar refractivity (Wildman–Crippen MR) is 84.5 cm³/mol.